The van der Waals surface area contributed by atoms with Crippen LogP contribution in [0.5, 0.6) is 0 Å². The van der Waals surface area contributed by atoms with E-state index in [0.29, 0.717) is 19.6 Å². The maximum Gasteiger partial charge on any atom is 0.305 e. The van der Waals surface area contributed by atoms with Gasteiger partial charge in [-0.25, -0.2) is 0 Å². The highest BCUT2D eigenvalue weighted by molar-refractivity contribution is 5.78. The number of carbonyl (C=O) groups excluding carboxylic acids is 1. The van der Waals surface area contributed by atoms with Gasteiger partial charge in [0.2, 0.25) is 5.91 Å². The Morgan fingerprint density at radius 2 is 2.25 bits per heavy atom. The normalized spacial score (nSPS) is 16.6. The summed E-state index contributed by atoms with van der Waals surface area (Å²) in [6.07, 6.45) is 3.65. The number of aliphatic carboxylic acids is 1. The molecule has 110 valence electrons. The summed E-state index contributed by atoms with van der Waals surface area (Å²) in [7, 11) is 0. The maximum atomic E-state index is 11.8. The quantitative estimate of drug-likeness (QED) is 0.795. The minimum absolute atomic E-state index is 0.0643. The zero-order chi connectivity index (χ0) is 14.5. The van der Waals surface area contributed by atoms with Gasteiger partial charge in [0.05, 0.1) is 25.7 Å². The largest absolute Gasteiger partial charge is 0.481 e. The smallest absolute Gasteiger partial charge is 0.305 e. The van der Waals surface area contributed by atoms with Gasteiger partial charge in [-0.2, -0.15) is 5.10 Å². The molecule has 20 heavy (non-hydrogen) atoms. The fourth-order valence-electron chi connectivity index (χ4n) is 2.31. The Morgan fingerprint density at radius 1 is 1.45 bits per heavy atom. The van der Waals surface area contributed by atoms with Gasteiger partial charge < -0.3 is 10.0 Å². The van der Waals surface area contributed by atoms with Crippen LogP contribution in [0.4, 0.5) is 0 Å². The summed E-state index contributed by atoms with van der Waals surface area (Å²) in [6.45, 7) is 5.87. The molecule has 1 aromatic heterocycles. The van der Waals surface area contributed by atoms with Crippen molar-refractivity contribution in [2.75, 3.05) is 26.2 Å². The van der Waals surface area contributed by atoms with Crippen molar-refractivity contribution in [3.63, 3.8) is 0 Å². The number of piperazine rings is 1. The van der Waals surface area contributed by atoms with E-state index in [1.165, 1.54) is 0 Å². The molecule has 1 fully saturated rings. The number of hydrogen-bond acceptors (Lipinski definition) is 4. The van der Waals surface area contributed by atoms with Crippen LogP contribution >= 0.6 is 0 Å². The van der Waals surface area contributed by atoms with Crippen LogP contribution in [0.2, 0.25) is 0 Å². The fourth-order valence-corrected chi connectivity index (χ4v) is 2.31. The van der Waals surface area contributed by atoms with Crippen molar-refractivity contribution >= 4 is 11.9 Å². The zero-order valence-corrected chi connectivity index (χ0v) is 11.7. The molecular weight excluding hydrogens is 260 g/mol. The molecule has 0 aromatic carbocycles. The van der Waals surface area contributed by atoms with Crippen LogP contribution in [-0.2, 0) is 22.7 Å². The van der Waals surface area contributed by atoms with E-state index in [1.807, 2.05) is 18.0 Å². The van der Waals surface area contributed by atoms with Crippen LogP contribution in [0.1, 0.15) is 18.9 Å². The maximum absolute atomic E-state index is 11.8. The van der Waals surface area contributed by atoms with Crippen molar-refractivity contribution in [2.45, 2.75) is 26.4 Å². The lowest BCUT2D eigenvalue weighted by atomic mass is 10.2. The molecule has 2 heterocycles. The van der Waals surface area contributed by atoms with Crippen molar-refractivity contribution in [3.8, 4) is 0 Å². The van der Waals surface area contributed by atoms with Gasteiger partial charge in [-0.15, -0.1) is 0 Å². The van der Waals surface area contributed by atoms with Crippen LogP contribution in [0.3, 0.4) is 0 Å². The number of aryl methyl sites for hydroxylation is 1. The second kappa shape index (κ2) is 6.51. The van der Waals surface area contributed by atoms with E-state index in [9.17, 15) is 9.59 Å². The highest BCUT2D eigenvalue weighted by atomic mass is 16.4. The summed E-state index contributed by atoms with van der Waals surface area (Å²) in [6, 6.07) is 0. The molecule has 1 N–H and O–H groups in total. The number of aromatic nitrogens is 2. The third-order valence-electron chi connectivity index (χ3n) is 3.43. The molecule has 1 aliphatic heterocycles. The monoisotopic (exact) mass is 280 g/mol. The van der Waals surface area contributed by atoms with Crippen LogP contribution in [-0.4, -0.2) is 62.7 Å². The van der Waals surface area contributed by atoms with Crippen molar-refractivity contribution < 1.29 is 14.7 Å². The van der Waals surface area contributed by atoms with Crippen molar-refractivity contribution in [3.05, 3.63) is 18.0 Å². The van der Waals surface area contributed by atoms with Gasteiger partial charge in [-0.1, -0.05) is 0 Å². The summed E-state index contributed by atoms with van der Waals surface area (Å²) in [5.74, 6) is -0.666. The lowest BCUT2D eigenvalue weighted by Crippen LogP contribution is -2.49. The predicted octanol–water partition coefficient (Wildman–Crippen LogP) is 0.0219. The van der Waals surface area contributed by atoms with Crippen LogP contribution in [0, 0.1) is 0 Å². The van der Waals surface area contributed by atoms with Gasteiger partial charge in [-0.3, -0.25) is 19.2 Å². The Kier molecular flexibility index (Phi) is 4.73. The molecule has 0 unspecified atom stereocenters. The average molecular weight is 280 g/mol. The van der Waals surface area contributed by atoms with Crippen molar-refractivity contribution in [2.24, 2.45) is 0 Å². The summed E-state index contributed by atoms with van der Waals surface area (Å²) >= 11 is 0. The zero-order valence-electron chi connectivity index (χ0n) is 11.7. The summed E-state index contributed by atoms with van der Waals surface area (Å²) in [5, 5.41) is 12.8. The molecule has 0 atom stereocenters. The molecular formula is C13H20N4O3. The van der Waals surface area contributed by atoms with Crippen LogP contribution in [0.25, 0.3) is 0 Å². The highest BCUT2D eigenvalue weighted by Crippen LogP contribution is 2.09. The highest BCUT2D eigenvalue weighted by Gasteiger charge is 2.22. The number of carboxylic acid groups (broad SMARTS) is 1. The van der Waals surface area contributed by atoms with E-state index >= 15 is 0 Å². The molecule has 0 spiro atoms. The molecule has 1 aromatic rings. The van der Waals surface area contributed by atoms with E-state index in [1.54, 1.807) is 10.9 Å². The molecule has 1 amide bonds. The molecule has 0 saturated carbocycles. The first-order valence-corrected chi connectivity index (χ1v) is 6.81. The van der Waals surface area contributed by atoms with E-state index in [4.69, 9.17) is 5.11 Å². The Morgan fingerprint density at radius 3 is 2.90 bits per heavy atom. The lowest BCUT2D eigenvalue weighted by molar-refractivity contribution is -0.137. The summed E-state index contributed by atoms with van der Waals surface area (Å²) in [4.78, 5) is 26.3. The number of hydrogen-bond donors (Lipinski definition) is 1. The van der Waals surface area contributed by atoms with E-state index < -0.39 is 5.97 Å². The molecule has 0 radical (unpaired) electrons. The Labute approximate surface area is 117 Å². The van der Waals surface area contributed by atoms with Gasteiger partial charge >= 0.3 is 5.97 Å². The third kappa shape index (κ3) is 3.80. The van der Waals surface area contributed by atoms with E-state index in [2.05, 4.69) is 10.00 Å². The molecule has 7 heteroatoms. The number of likely N-dealkylation sites (N-methyl/N-ethyl adjacent to an activating group) is 1. The predicted molar refractivity (Wildman–Crippen MR) is 72.0 cm³/mol. The SMILES string of the molecule is CCN1CCN(Cc2cnn(CCC(=O)O)c2)CC1=O. The summed E-state index contributed by atoms with van der Waals surface area (Å²) < 4.78 is 1.63. The standard InChI is InChI=1S/C13H20N4O3/c1-2-16-6-5-15(10-12(16)18)8-11-7-14-17(9-11)4-3-13(19)20/h7,9H,2-6,8,10H2,1H3,(H,19,20). The Bertz CT molecular complexity index is 486. The van der Waals surface area contributed by atoms with Gasteiger partial charge in [0, 0.05) is 37.9 Å². The first kappa shape index (κ1) is 14.5. The molecule has 1 aliphatic rings. The van der Waals surface area contributed by atoms with Gasteiger partial charge in [0.25, 0.3) is 0 Å². The summed E-state index contributed by atoms with van der Waals surface area (Å²) in [5.41, 5.74) is 1.01. The number of rotatable bonds is 6. The lowest BCUT2D eigenvalue weighted by Gasteiger charge is -2.33. The number of nitrogens with zero attached hydrogens (tertiary/aromatic N) is 4. The topological polar surface area (TPSA) is 78.7 Å². The molecule has 0 bridgehead atoms. The molecule has 0 aliphatic carbocycles. The second-order valence-electron chi connectivity index (χ2n) is 4.94. The van der Waals surface area contributed by atoms with Crippen molar-refractivity contribution in [1.82, 2.24) is 19.6 Å². The Balaban J connectivity index is 1.85. The minimum Gasteiger partial charge on any atom is -0.481 e. The fraction of sp³-hybridized carbons (Fsp3) is 0.615. The van der Waals surface area contributed by atoms with E-state index in [0.717, 1.165) is 25.2 Å². The van der Waals surface area contributed by atoms with Crippen molar-refractivity contribution in [1.29, 1.82) is 0 Å². The number of carboxylic acids is 1. The van der Waals surface area contributed by atoms with E-state index in [-0.39, 0.29) is 12.3 Å². The second-order valence-corrected chi connectivity index (χ2v) is 4.94. The first-order valence-electron chi connectivity index (χ1n) is 6.81. The van der Waals surface area contributed by atoms with Gasteiger partial charge in [-0.05, 0) is 6.92 Å². The molecule has 7 nitrogen and oxygen atoms in total. The third-order valence-corrected chi connectivity index (χ3v) is 3.43. The van der Waals surface area contributed by atoms with Crippen LogP contribution in [0.15, 0.2) is 12.4 Å². The number of carbonyl (C=O) groups is 2. The minimum atomic E-state index is -0.830. The molecule has 2 rings (SSSR count). The molecule has 1 saturated heterocycles. The Hall–Kier alpha value is -1.89. The van der Waals surface area contributed by atoms with Gasteiger partial charge in [0.15, 0.2) is 0 Å². The van der Waals surface area contributed by atoms with Gasteiger partial charge in [0.1, 0.15) is 0 Å². The van der Waals surface area contributed by atoms with Crippen LogP contribution < -0.4 is 0 Å². The number of amides is 1. The average Bonchev–Trinajstić information content (AvgIpc) is 2.84. The first-order chi connectivity index (χ1) is 9.58.